The average Bonchev–Trinajstić information content (AvgIpc) is 2.65. The van der Waals surface area contributed by atoms with Crippen molar-refractivity contribution in [3.8, 4) is 0 Å². The molecule has 1 rings (SSSR count). The lowest BCUT2D eigenvalue weighted by molar-refractivity contribution is 0.213. The lowest BCUT2D eigenvalue weighted by atomic mass is 10.6. The van der Waals surface area contributed by atoms with Crippen molar-refractivity contribution in [2.45, 2.75) is 0 Å². The summed E-state index contributed by atoms with van der Waals surface area (Å²) in [6.07, 6.45) is 6.78. The van der Waals surface area contributed by atoms with Gasteiger partial charge in [0.05, 0.1) is 0 Å². The zero-order valence-electron chi connectivity index (χ0n) is 7.80. The summed E-state index contributed by atoms with van der Waals surface area (Å²) in [4.78, 5) is 17.0. The van der Waals surface area contributed by atoms with Gasteiger partial charge in [-0.2, -0.15) is 11.8 Å². The van der Waals surface area contributed by atoms with Gasteiger partial charge in [0, 0.05) is 31.7 Å². The normalized spacial score (nSPS) is 10.0. The minimum Gasteiger partial charge on any atom is -0.326 e. The van der Waals surface area contributed by atoms with Gasteiger partial charge in [-0.3, -0.25) is 4.57 Å². The van der Waals surface area contributed by atoms with Gasteiger partial charge in [0.1, 0.15) is 6.33 Å². The molecule has 1 heterocycles. The summed E-state index contributed by atoms with van der Waals surface area (Å²) in [6, 6.07) is -0.0356. The zero-order valence-corrected chi connectivity index (χ0v) is 8.62. The van der Waals surface area contributed by atoms with Crippen molar-refractivity contribution < 1.29 is 4.79 Å². The molecule has 0 N–H and O–H groups in total. The maximum atomic E-state index is 11.6. The average molecular weight is 199 g/mol. The third-order valence-electron chi connectivity index (χ3n) is 1.68. The van der Waals surface area contributed by atoms with Gasteiger partial charge in [0.2, 0.25) is 0 Å². The molecule has 1 aromatic rings. The molecule has 0 aliphatic rings. The van der Waals surface area contributed by atoms with Crippen LogP contribution in [0.1, 0.15) is 0 Å². The number of imidazole rings is 1. The first-order chi connectivity index (χ1) is 6.25. The number of rotatable bonds is 3. The Hall–Kier alpha value is -0.970. The van der Waals surface area contributed by atoms with E-state index >= 15 is 0 Å². The highest BCUT2D eigenvalue weighted by atomic mass is 32.2. The second kappa shape index (κ2) is 4.91. The molecule has 0 aliphatic carbocycles. The smallest absolute Gasteiger partial charge is 0.326 e. The van der Waals surface area contributed by atoms with E-state index < -0.39 is 0 Å². The first-order valence-electron chi connectivity index (χ1n) is 3.98. The second-order valence-corrected chi connectivity index (χ2v) is 3.65. The SMILES string of the molecule is CSCCN(C)C(=O)n1ccnc1. The molecule has 72 valence electrons. The molecule has 4 nitrogen and oxygen atoms in total. The minimum atomic E-state index is -0.0356. The Labute approximate surface area is 81.9 Å². The molecule has 0 spiro atoms. The monoisotopic (exact) mass is 199 g/mol. The van der Waals surface area contributed by atoms with E-state index in [0.717, 1.165) is 12.3 Å². The molecule has 0 bridgehead atoms. The van der Waals surface area contributed by atoms with E-state index in [1.165, 1.54) is 10.9 Å². The standard InChI is InChI=1S/C8H13N3OS/c1-10(5-6-13-2)8(12)11-4-3-9-7-11/h3-4,7H,5-6H2,1-2H3. The van der Waals surface area contributed by atoms with Crippen molar-refractivity contribution in [2.75, 3.05) is 25.6 Å². The van der Waals surface area contributed by atoms with E-state index in [0.29, 0.717) is 0 Å². The molecule has 0 atom stereocenters. The van der Waals surface area contributed by atoms with Gasteiger partial charge in [0.15, 0.2) is 0 Å². The van der Waals surface area contributed by atoms with Crippen LogP contribution in [0.25, 0.3) is 0 Å². The van der Waals surface area contributed by atoms with Crippen LogP contribution in [0.4, 0.5) is 4.79 Å². The number of nitrogens with zero attached hydrogens (tertiary/aromatic N) is 3. The van der Waals surface area contributed by atoms with Crippen LogP contribution in [-0.2, 0) is 0 Å². The molecule has 1 amide bonds. The molecule has 0 unspecified atom stereocenters. The maximum Gasteiger partial charge on any atom is 0.329 e. The fourth-order valence-electron chi connectivity index (χ4n) is 0.893. The fourth-order valence-corrected chi connectivity index (χ4v) is 1.35. The third-order valence-corrected chi connectivity index (χ3v) is 2.27. The minimum absolute atomic E-state index is 0.0356. The van der Waals surface area contributed by atoms with Crippen molar-refractivity contribution in [3.63, 3.8) is 0 Å². The first-order valence-corrected chi connectivity index (χ1v) is 5.37. The van der Waals surface area contributed by atoms with Gasteiger partial charge in [-0.05, 0) is 6.26 Å². The molecule has 0 aromatic carbocycles. The molecule has 0 fully saturated rings. The van der Waals surface area contributed by atoms with E-state index in [1.54, 1.807) is 36.1 Å². The molecule has 1 aromatic heterocycles. The van der Waals surface area contributed by atoms with Gasteiger partial charge in [-0.25, -0.2) is 9.78 Å². The summed E-state index contributed by atoms with van der Waals surface area (Å²) in [5.74, 6) is 0.955. The van der Waals surface area contributed by atoms with Crippen LogP contribution in [0.2, 0.25) is 0 Å². The molecule has 13 heavy (non-hydrogen) atoms. The molecular weight excluding hydrogens is 186 g/mol. The summed E-state index contributed by atoms with van der Waals surface area (Å²) in [6.45, 7) is 0.762. The topological polar surface area (TPSA) is 38.1 Å². The van der Waals surface area contributed by atoms with E-state index in [2.05, 4.69) is 4.98 Å². The van der Waals surface area contributed by atoms with Gasteiger partial charge >= 0.3 is 6.03 Å². The molecular formula is C8H13N3OS. The summed E-state index contributed by atoms with van der Waals surface area (Å²) >= 11 is 1.73. The largest absolute Gasteiger partial charge is 0.329 e. The maximum absolute atomic E-state index is 11.6. The van der Waals surface area contributed by atoms with Crippen LogP contribution in [0.5, 0.6) is 0 Å². The number of amides is 1. The van der Waals surface area contributed by atoms with Gasteiger partial charge < -0.3 is 4.90 Å². The van der Waals surface area contributed by atoms with Gasteiger partial charge in [0.25, 0.3) is 0 Å². The Balaban J connectivity index is 2.48. The molecule has 5 heteroatoms. The third kappa shape index (κ3) is 2.77. The van der Waals surface area contributed by atoms with Crippen molar-refractivity contribution >= 4 is 17.8 Å². The Kier molecular flexibility index (Phi) is 3.82. The molecule has 0 aliphatic heterocycles. The quantitative estimate of drug-likeness (QED) is 0.733. The first kappa shape index (κ1) is 10.1. The highest BCUT2D eigenvalue weighted by Gasteiger charge is 2.08. The van der Waals surface area contributed by atoms with Crippen LogP contribution in [-0.4, -0.2) is 46.1 Å². The summed E-state index contributed by atoms with van der Waals surface area (Å²) in [7, 11) is 1.79. The van der Waals surface area contributed by atoms with Crippen LogP contribution in [0.15, 0.2) is 18.7 Å². The van der Waals surface area contributed by atoms with Crippen molar-refractivity contribution in [1.29, 1.82) is 0 Å². The van der Waals surface area contributed by atoms with E-state index in [9.17, 15) is 4.79 Å². The van der Waals surface area contributed by atoms with Crippen molar-refractivity contribution in [1.82, 2.24) is 14.5 Å². The predicted molar refractivity (Wildman–Crippen MR) is 54.0 cm³/mol. The number of aromatic nitrogens is 2. The number of carbonyl (C=O) groups excluding carboxylic acids is 1. The number of hydrogen-bond donors (Lipinski definition) is 0. The van der Waals surface area contributed by atoms with Crippen molar-refractivity contribution in [3.05, 3.63) is 18.7 Å². The van der Waals surface area contributed by atoms with Gasteiger partial charge in [-0.1, -0.05) is 0 Å². The Morgan fingerprint density at radius 1 is 1.69 bits per heavy atom. The Morgan fingerprint density at radius 2 is 2.46 bits per heavy atom. The lowest BCUT2D eigenvalue weighted by Crippen LogP contribution is -2.32. The van der Waals surface area contributed by atoms with Crippen LogP contribution < -0.4 is 0 Å². The summed E-state index contributed by atoms with van der Waals surface area (Å²) < 4.78 is 1.47. The van der Waals surface area contributed by atoms with E-state index in [4.69, 9.17) is 0 Å². The Bertz CT molecular complexity index is 260. The van der Waals surface area contributed by atoms with Crippen LogP contribution >= 0.6 is 11.8 Å². The van der Waals surface area contributed by atoms with Gasteiger partial charge in [-0.15, -0.1) is 0 Å². The molecule has 0 saturated carbocycles. The van der Waals surface area contributed by atoms with E-state index in [1.807, 2.05) is 6.26 Å². The van der Waals surface area contributed by atoms with E-state index in [-0.39, 0.29) is 6.03 Å². The lowest BCUT2D eigenvalue weighted by Gasteiger charge is -2.15. The number of thioether (sulfide) groups is 1. The second-order valence-electron chi connectivity index (χ2n) is 2.67. The summed E-state index contributed by atoms with van der Waals surface area (Å²) in [5, 5.41) is 0. The van der Waals surface area contributed by atoms with Crippen LogP contribution in [0, 0.1) is 0 Å². The number of hydrogen-bond acceptors (Lipinski definition) is 3. The van der Waals surface area contributed by atoms with Crippen molar-refractivity contribution in [2.24, 2.45) is 0 Å². The summed E-state index contributed by atoms with van der Waals surface area (Å²) in [5.41, 5.74) is 0. The fraction of sp³-hybridized carbons (Fsp3) is 0.500. The predicted octanol–water partition coefficient (Wildman–Crippen LogP) is 1.15. The Morgan fingerprint density at radius 3 is 3.00 bits per heavy atom. The highest BCUT2D eigenvalue weighted by Crippen LogP contribution is 1.97. The van der Waals surface area contributed by atoms with Crippen LogP contribution in [0.3, 0.4) is 0 Å². The molecule has 0 radical (unpaired) electrons. The zero-order chi connectivity index (χ0) is 9.68. The number of carbonyl (C=O) groups is 1. The highest BCUT2D eigenvalue weighted by molar-refractivity contribution is 7.98. The molecule has 0 saturated heterocycles.